The van der Waals surface area contributed by atoms with Crippen molar-refractivity contribution in [3.63, 3.8) is 0 Å². The Balaban J connectivity index is 1.54. The molecule has 2 amide bonds. The Labute approximate surface area is 184 Å². The topological polar surface area (TPSA) is 79.9 Å². The Hall–Kier alpha value is -2.43. The zero-order valence-electron chi connectivity index (χ0n) is 17.7. The van der Waals surface area contributed by atoms with Crippen molar-refractivity contribution in [2.75, 3.05) is 39.5 Å². The highest BCUT2D eigenvalue weighted by molar-refractivity contribution is 5.96. The molecular formula is C22H28F3N3O4. The van der Waals surface area contributed by atoms with Crippen LogP contribution < -0.4 is 10.6 Å². The summed E-state index contributed by atoms with van der Waals surface area (Å²) in [4.78, 5) is 26.9. The lowest BCUT2D eigenvalue weighted by molar-refractivity contribution is -0.137. The monoisotopic (exact) mass is 455 g/mol. The van der Waals surface area contributed by atoms with Crippen molar-refractivity contribution in [1.29, 1.82) is 0 Å². The summed E-state index contributed by atoms with van der Waals surface area (Å²) in [7, 11) is 0. The minimum Gasteiger partial charge on any atom is -0.381 e. The fourth-order valence-corrected chi connectivity index (χ4v) is 4.01. The van der Waals surface area contributed by atoms with E-state index in [1.54, 1.807) is 6.08 Å². The first kappa shape index (κ1) is 24.2. The van der Waals surface area contributed by atoms with Crippen molar-refractivity contribution < 1.29 is 32.2 Å². The lowest BCUT2D eigenvalue weighted by Crippen LogP contribution is -2.48. The number of likely N-dealkylation sites (tertiary alicyclic amines) is 1. The average molecular weight is 455 g/mol. The first-order valence-corrected chi connectivity index (χ1v) is 10.6. The van der Waals surface area contributed by atoms with Gasteiger partial charge in [0.05, 0.1) is 30.9 Å². The lowest BCUT2D eigenvalue weighted by Gasteiger charge is -2.30. The van der Waals surface area contributed by atoms with E-state index < -0.39 is 23.6 Å². The van der Waals surface area contributed by atoms with Crippen molar-refractivity contribution >= 4 is 11.8 Å². The molecule has 2 heterocycles. The molecule has 1 aromatic rings. The van der Waals surface area contributed by atoms with Crippen molar-refractivity contribution in [3.8, 4) is 0 Å². The van der Waals surface area contributed by atoms with Gasteiger partial charge in [0.15, 0.2) is 0 Å². The molecule has 2 fully saturated rings. The molecule has 2 atom stereocenters. The fourth-order valence-electron chi connectivity index (χ4n) is 4.01. The first-order valence-electron chi connectivity index (χ1n) is 10.6. The summed E-state index contributed by atoms with van der Waals surface area (Å²) >= 11 is 0. The molecule has 2 aliphatic rings. The third-order valence-corrected chi connectivity index (χ3v) is 5.64. The predicted octanol–water partition coefficient (Wildman–Crippen LogP) is 1.99. The number of amides is 2. The maximum atomic E-state index is 12.8. The van der Waals surface area contributed by atoms with Gasteiger partial charge in [0, 0.05) is 37.9 Å². The summed E-state index contributed by atoms with van der Waals surface area (Å²) in [6, 6.07) is 4.16. The predicted molar refractivity (Wildman–Crippen MR) is 111 cm³/mol. The number of nitrogens with zero attached hydrogens (tertiary/aromatic N) is 1. The van der Waals surface area contributed by atoms with Gasteiger partial charge in [0.2, 0.25) is 5.91 Å². The molecule has 1 aromatic carbocycles. The highest BCUT2D eigenvalue weighted by Crippen LogP contribution is 2.29. The number of ether oxygens (including phenoxy) is 2. The minimum absolute atomic E-state index is 0.161. The zero-order valence-corrected chi connectivity index (χ0v) is 17.7. The van der Waals surface area contributed by atoms with E-state index >= 15 is 0 Å². The Morgan fingerprint density at radius 2 is 2.00 bits per heavy atom. The van der Waals surface area contributed by atoms with Crippen molar-refractivity contribution in [3.05, 3.63) is 48.0 Å². The van der Waals surface area contributed by atoms with Gasteiger partial charge in [-0.15, -0.1) is 6.58 Å². The number of halogens is 3. The molecule has 176 valence electrons. The molecule has 0 aromatic heterocycles. The normalized spacial score (nSPS) is 22.5. The summed E-state index contributed by atoms with van der Waals surface area (Å²) in [6.07, 6.45) is -1.29. The Bertz CT molecular complexity index is 812. The molecule has 0 aliphatic carbocycles. The summed E-state index contributed by atoms with van der Waals surface area (Å²) in [5, 5.41) is 5.26. The van der Waals surface area contributed by atoms with Crippen LogP contribution in [0.1, 0.15) is 28.8 Å². The van der Waals surface area contributed by atoms with Gasteiger partial charge in [-0.25, -0.2) is 0 Å². The minimum atomic E-state index is -4.55. The number of benzene rings is 1. The lowest BCUT2D eigenvalue weighted by atomic mass is 10.1. The molecule has 3 rings (SSSR count). The second kappa shape index (κ2) is 10.9. The third kappa shape index (κ3) is 6.54. The first-order chi connectivity index (χ1) is 15.3. The van der Waals surface area contributed by atoms with E-state index in [9.17, 15) is 22.8 Å². The summed E-state index contributed by atoms with van der Waals surface area (Å²) in [6.45, 7) is 6.35. The molecule has 0 unspecified atom stereocenters. The van der Waals surface area contributed by atoms with Gasteiger partial charge in [-0.1, -0.05) is 12.1 Å². The zero-order chi connectivity index (χ0) is 23.1. The van der Waals surface area contributed by atoms with E-state index in [4.69, 9.17) is 9.47 Å². The average Bonchev–Trinajstić information content (AvgIpc) is 3.18. The number of hydrogen-bond acceptors (Lipinski definition) is 5. The van der Waals surface area contributed by atoms with Gasteiger partial charge in [-0.05, 0) is 31.0 Å². The number of hydrogen-bond donors (Lipinski definition) is 2. The largest absolute Gasteiger partial charge is 0.416 e. The number of carbonyl (C=O) groups excluding carboxylic acids is 2. The second-order valence-corrected chi connectivity index (χ2v) is 7.89. The second-order valence-electron chi connectivity index (χ2n) is 7.89. The Morgan fingerprint density at radius 3 is 2.69 bits per heavy atom. The molecular weight excluding hydrogens is 427 g/mol. The van der Waals surface area contributed by atoms with E-state index in [0.717, 1.165) is 31.0 Å². The molecule has 2 saturated heterocycles. The van der Waals surface area contributed by atoms with Gasteiger partial charge in [-0.2, -0.15) is 13.2 Å². The van der Waals surface area contributed by atoms with Crippen LogP contribution in [0.3, 0.4) is 0 Å². The van der Waals surface area contributed by atoms with E-state index in [-0.39, 0.29) is 24.3 Å². The van der Waals surface area contributed by atoms with E-state index in [1.165, 1.54) is 6.07 Å². The summed E-state index contributed by atoms with van der Waals surface area (Å²) in [5.41, 5.74) is -1.08. The molecule has 7 nitrogen and oxygen atoms in total. The van der Waals surface area contributed by atoms with Crippen LogP contribution in [0.2, 0.25) is 0 Å². The molecule has 10 heteroatoms. The van der Waals surface area contributed by atoms with Gasteiger partial charge in [0.25, 0.3) is 5.91 Å². The highest BCUT2D eigenvalue weighted by Gasteiger charge is 2.38. The van der Waals surface area contributed by atoms with Crippen LogP contribution in [-0.2, 0) is 20.4 Å². The SMILES string of the molecule is C=CCO[C@@H]1CN(C2CCOCC2)C[C@H]1NC(=O)CNC(=O)c1cccc(C(F)(F)F)c1. The van der Waals surface area contributed by atoms with Crippen molar-refractivity contribution in [2.24, 2.45) is 0 Å². The maximum Gasteiger partial charge on any atom is 0.416 e. The van der Waals surface area contributed by atoms with Crippen LogP contribution in [-0.4, -0.2) is 74.4 Å². The summed E-state index contributed by atoms with van der Waals surface area (Å²) in [5.74, 6) is -1.18. The van der Waals surface area contributed by atoms with E-state index in [2.05, 4.69) is 22.1 Å². The quantitative estimate of drug-likeness (QED) is 0.586. The standard InChI is InChI=1S/C22H28F3N3O4/c1-2-8-32-19-14-28(17-6-9-31-10-7-17)13-18(19)27-20(29)12-26-21(30)15-4-3-5-16(11-15)22(23,24)25/h2-5,11,17-19H,1,6-10,12-14H2,(H,26,30)(H,27,29)/t18-,19-/m1/s1. The van der Waals surface area contributed by atoms with Crippen molar-refractivity contribution in [2.45, 2.75) is 37.2 Å². The van der Waals surface area contributed by atoms with Gasteiger partial charge >= 0.3 is 6.18 Å². The summed E-state index contributed by atoms with van der Waals surface area (Å²) < 4.78 is 49.8. The number of alkyl halides is 3. The molecule has 2 N–H and O–H groups in total. The molecule has 0 bridgehead atoms. The molecule has 0 spiro atoms. The number of rotatable bonds is 8. The molecule has 0 saturated carbocycles. The van der Waals surface area contributed by atoms with E-state index in [1.807, 2.05) is 0 Å². The van der Waals surface area contributed by atoms with Gasteiger partial charge < -0.3 is 20.1 Å². The van der Waals surface area contributed by atoms with Crippen LogP contribution >= 0.6 is 0 Å². The van der Waals surface area contributed by atoms with Crippen LogP contribution in [0.25, 0.3) is 0 Å². The van der Waals surface area contributed by atoms with Crippen LogP contribution in [0.5, 0.6) is 0 Å². The third-order valence-electron chi connectivity index (χ3n) is 5.64. The van der Waals surface area contributed by atoms with Crippen LogP contribution in [0.4, 0.5) is 13.2 Å². The van der Waals surface area contributed by atoms with E-state index in [0.29, 0.717) is 39.0 Å². The Kier molecular flexibility index (Phi) is 8.27. The molecule has 2 aliphatic heterocycles. The van der Waals surface area contributed by atoms with Crippen LogP contribution in [0, 0.1) is 0 Å². The highest BCUT2D eigenvalue weighted by atomic mass is 19.4. The fraction of sp³-hybridized carbons (Fsp3) is 0.545. The number of nitrogens with one attached hydrogen (secondary N) is 2. The molecule has 32 heavy (non-hydrogen) atoms. The molecule has 0 radical (unpaired) electrons. The van der Waals surface area contributed by atoms with Crippen LogP contribution in [0.15, 0.2) is 36.9 Å². The van der Waals surface area contributed by atoms with Crippen molar-refractivity contribution in [1.82, 2.24) is 15.5 Å². The maximum absolute atomic E-state index is 12.8. The number of carbonyl (C=O) groups is 2. The van der Waals surface area contributed by atoms with Gasteiger partial charge in [-0.3, -0.25) is 14.5 Å². The smallest absolute Gasteiger partial charge is 0.381 e. The Morgan fingerprint density at radius 1 is 1.25 bits per heavy atom. The van der Waals surface area contributed by atoms with Gasteiger partial charge in [0.1, 0.15) is 0 Å².